The molecule has 18 heavy (non-hydrogen) atoms. The second kappa shape index (κ2) is 5.58. The van der Waals surface area contributed by atoms with Crippen molar-refractivity contribution in [2.75, 3.05) is 0 Å². The van der Waals surface area contributed by atoms with Gasteiger partial charge < -0.3 is 10.5 Å². The second-order valence-electron chi connectivity index (χ2n) is 3.56. The molecule has 0 saturated carbocycles. The second-order valence-corrected chi connectivity index (χ2v) is 5.24. The highest BCUT2D eigenvalue weighted by atomic mass is 127. The van der Waals surface area contributed by atoms with Crippen LogP contribution in [-0.2, 0) is 0 Å². The predicted octanol–water partition coefficient (Wildman–Crippen LogP) is 3.84. The van der Waals surface area contributed by atoms with Crippen LogP contribution in [-0.4, -0.2) is 5.91 Å². The number of rotatable bonds is 3. The summed E-state index contributed by atoms with van der Waals surface area (Å²) in [5, 5.41) is 0.487. The molecule has 0 spiro atoms. The molecule has 3 nitrogen and oxygen atoms in total. The van der Waals surface area contributed by atoms with E-state index in [1.165, 1.54) is 0 Å². The summed E-state index contributed by atoms with van der Waals surface area (Å²) < 4.78 is 6.72. The summed E-state index contributed by atoms with van der Waals surface area (Å²) in [6.45, 7) is 0. The molecular formula is C13H9ClINO2. The lowest BCUT2D eigenvalue weighted by Crippen LogP contribution is -2.12. The van der Waals surface area contributed by atoms with E-state index in [2.05, 4.69) is 22.6 Å². The van der Waals surface area contributed by atoms with Gasteiger partial charge in [-0.1, -0.05) is 11.6 Å². The SMILES string of the molecule is NC(=O)c1ccc(Cl)cc1Oc1ccc(I)cc1. The molecule has 0 saturated heterocycles. The minimum Gasteiger partial charge on any atom is -0.456 e. The fraction of sp³-hybridized carbons (Fsp3) is 0. The van der Waals surface area contributed by atoms with Crippen molar-refractivity contribution < 1.29 is 9.53 Å². The summed E-state index contributed by atoms with van der Waals surface area (Å²) in [7, 11) is 0. The van der Waals surface area contributed by atoms with Crippen LogP contribution in [0.1, 0.15) is 10.4 Å². The highest BCUT2D eigenvalue weighted by Gasteiger charge is 2.10. The van der Waals surface area contributed by atoms with Crippen LogP contribution in [0.4, 0.5) is 0 Å². The molecule has 92 valence electrons. The molecule has 0 fully saturated rings. The lowest BCUT2D eigenvalue weighted by Gasteiger charge is -2.09. The van der Waals surface area contributed by atoms with Gasteiger partial charge in [0.1, 0.15) is 11.5 Å². The zero-order valence-electron chi connectivity index (χ0n) is 9.19. The Kier molecular flexibility index (Phi) is 4.08. The largest absolute Gasteiger partial charge is 0.456 e. The molecule has 0 radical (unpaired) electrons. The van der Waals surface area contributed by atoms with Crippen LogP contribution in [0.2, 0.25) is 5.02 Å². The summed E-state index contributed by atoms with van der Waals surface area (Å²) >= 11 is 8.08. The average Bonchev–Trinajstić information content (AvgIpc) is 2.32. The smallest absolute Gasteiger partial charge is 0.252 e. The molecular weight excluding hydrogens is 365 g/mol. The molecule has 2 rings (SSSR count). The number of carbonyl (C=O) groups excluding carboxylic acids is 1. The van der Waals surface area contributed by atoms with E-state index in [0.29, 0.717) is 22.1 Å². The summed E-state index contributed by atoms with van der Waals surface area (Å²) in [5.74, 6) is 0.434. The summed E-state index contributed by atoms with van der Waals surface area (Å²) in [4.78, 5) is 11.3. The van der Waals surface area contributed by atoms with Gasteiger partial charge in [0.25, 0.3) is 5.91 Å². The maximum Gasteiger partial charge on any atom is 0.252 e. The van der Waals surface area contributed by atoms with Crippen molar-refractivity contribution in [1.29, 1.82) is 0 Å². The van der Waals surface area contributed by atoms with Crippen molar-refractivity contribution in [3.8, 4) is 11.5 Å². The Bertz CT molecular complexity index is 584. The Morgan fingerprint density at radius 2 is 1.83 bits per heavy atom. The van der Waals surface area contributed by atoms with E-state index in [4.69, 9.17) is 22.1 Å². The van der Waals surface area contributed by atoms with Crippen molar-refractivity contribution in [3.63, 3.8) is 0 Å². The van der Waals surface area contributed by atoms with Gasteiger partial charge in [0.15, 0.2) is 0 Å². The number of ether oxygens (including phenoxy) is 1. The van der Waals surface area contributed by atoms with Gasteiger partial charge in [-0.05, 0) is 59.0 Å². The van der Waals surface area contributed by atoms with E-state index in [9.17, 15) is 4.79 Å². The zero-order valence-corrected chi connectivity index (χ0v) is 12.1. The third-order valence-corrected chi connectivity index (χ3v) is 3.20. The minimum atomic E-state index is -0.549. The van der Waals surface area contributed by atoms with Gasteiger partial charge in [-0.2, -0.15) is 0 Å². The first-order valence-corrected chi connectivity index (χ1v) is 6.55. The summed E-state index contributed by atoms with van der Waals surface area (Å²) in [6.07, 6.45) is 0. The van der Waals surface area contributed by atoms with E-state index >= 15 is 0 Å². The number of amides is 1. The molecule has 5 heteroatoms. The fourth-order valence-electron chi connectivity index (χ4n) is 1.41. The van der Waals surface area contributed by atoms with Gasteiger partial charge in [0.2, 0.25) is 0 Å². The molecule has 2 N–H and O–H groups in total. The molecule has 0 aliphatic carbocycles. The average molecular weight is 374 g/mol. The monoisotopic (exact) mass is 373 g/mol. The minimum absolute atomic E-state index is 0.304. The van der Waals surface area contributed by atoms with Gasteiger partial charge >= 0.3 is 0 Å². The van der Waals surface area contributed by atoms with Crippen LogP contribution in [0, 0.1) is 3.57 Å². The molecule has 0 atom stereocenters. The van der Waals surface area contributed by atoms with Gasteiger partial charge in [0.05, 0.1) is 5.56 Å². The van der Waals surface area contributed by atoms with Crippen molar-refractivity contribution in [3.05, 3.63) is 56.6 Å². The highest BCUT2D eigenvalue weighted by molar-refractivity contribution is 14.1. The van der Waals surface area contributed by atoms with Crippen LogP contribution in [0.15, 0.2) is 42.5 Å². The third kappa shape index (κ3) is 3.14. The predicted molar refractivity (Wildman–Crippen MR) is 79.2 cm³/mol. The zero-order chi connectivity index (χ0) is 13.1. The number of nitrogens with two attached hydrogens (primary N) is 1. The number of primary amides is 1. The molecule has 2 aromatic rings. The van der Waals surface area contributed by atoms with Crippen molar-refractivity contribution in [1.82, 2.24) is 0 Å². The standard InChI is InChI=1S/C13H9ClINO2/c14-8-1-6-11(13(16)17)12(7-8)18-10-4-2-9(15)3-5-10/h1-7H,(H2,16,17). The third-order valence-electron chi connectivity index (χ3n) is 2.25. The molecule has 0 aliphatic rings. The highest BCUT2D eigenvalue weighted by Crippen LogP contribution is 2.28. The lowest BCUT2D eigenvalue weighted by molar-refractivity contribution is 0.0998. The maximum atomic E-state index is 11.3. The van der Waals surface area contributed by atoms with Crippen LogP contribution < -0.4 is 10.5 Å². The first-order valence-electron chi connectivity index (χ1n) is 5.09. The van der Waals surface area contributed by atoms with Gasteiger partial charge in [-0.3, -0.25) is 4.79 Å². The first-order chi connectivity index (χ1) is 8.56. The Labute approximate surface area is 123 Å². The van der Waals surface area contributed by atoms with Crippen molar-refractivity contribution in [2.24, 2.45) is 5.73 Å². The van der Waals surface area contributed by atoms with Gasteiger partial charge in [-0.15, -0.1) is 0 Å². The molecule has 2 aromatic carbocycles. The van der Waals surface area contributed by atoms with Gasteiger partial charge in [0, 0.05) is 14.7 Å². The van der Waals surface area contributed by atoms with Crippen LogP contribution >= 0.6 is 34.2 Å². The fourth-order valence-corrected chi connectivity index (χ4v) is 1.94. The van der Waals surface area contributed by atoms with Crippen LogP contribution in [0.3, 0.4) is 0 Å². The van der Waals surface area contributed by atoms with Crippen molar-refractivity contribution >= 4 is 40.1 Å². The van der Waals surface area contributed by atoms with E-state index in [0.717, 1.165) is 3.57 Å². The Hall–Kier alpha value is -1.27. The lowest BCUT2D eigenvalue weighted by atomic mass is 10.2. The van der Waals surface area contributed by atoms with E-state index < -0.39 is 5.91 Å². The van der Waals surface area contributed by atoms with Crippen LogP contribution in [0.25, 0.3) is 0 Å². The Morgan fingerprint density at radius 1 is 1.17 bits per heavy atom. The topological polar surface area (TPSA) is 52.3 Å². The van der Waals surface area contributed by atoms with Gasteiger partial charge in [-0.25, -0.2) is 0 Å². The molecule has 0 aromatic heterocycles. The number of carbonyl (C=O) groups is 1. The van der Waals surface area contributed by atoms with E-state index in [1.54, 1.807) is 18.2 Å². The summed E-state index contributed by atoms with van der Waals surface area (Å²) in [5.41, 5.74) is 5.58. The Morgan fingerprint density at radius 3 is 2.44 bits per heavy atom. The Balaban J connectivity index is 2.35. The molecule has 0 unspecified atom stereocenters. The molecule has 0 aliphatic heterocycles. The molecule has 1 amide bonds. The number of halogens is 2. The van der Waals surface area contributed by atoms with E-state index in [1.807, 2.05) is 24.3 Å². The quantitative estimate of drug-likeness (QED) is 0.831. The van der Waals surface area contributed by atoms with Crippen LogP contribution in [0.5, 0.6) is 11.5 Å². The number of hydrogen-bond donors (Lipinski definition) is 1. The van der Waals surface area contributed by atoms with E-state index in [-0.39, 0.29) is 0 Å². The number of hydrogen-bond acceptors (Lipinski definition) is 2. The number of benzene rings is 2. The normalized spacial score (nSPS) is 10.1. The molecule has 0 bridgehead atoms. The molecule has 0 heterocycles. The first kappa shape index (κ1) is 13.2. The maximum absolute atomic E-state index is 11.3. The summed E-state index contributed by atoms with van der Waals surface area (Å²) in [6, 6.07) is 12.2. The van der Waals surface area contributed by atoms with Crippen molar-refractivity contribution in [2.45, 2.75) is 0 Å².